The Morgan fingerprint density at radius 2 is 2.12 bits per heavy atom. The zero-order valence-corrected chi connectivity index (χ0v) is 11.0. The normalized spacial score (nSPS) is 11.4. The Balaban J connectivity index is 2.97. The van der Waals surface area contributed by atoms with E-state index in [2.05, 4.69) is 36.8 Å². The maximum Gasteiger partial charge on any atom is 0.309 e. The van der Waals surface area contributed by atoms with Crippen molar-refractivity contribution in [3.05, 3.63) is 41.0 Å². The SMILES string of the molecule is CC=C(CC)c1ccc(CC(=O)OC)c(C)c1. The molecule has 0 atom stereocenters. The minimum atomic E-state index is -0.192. The van der Waals surface area contributed by atoms with E-state index in [9.17, 15) is 4.79 Å². The van der Waals surface area contributed by atoms with Gasteiger partial charge in [0, 0.05) is 0 Å². The predicted molar refractivity (Wildman–Crippen MR) is 70.8 cm³/mol. The summed E-state index contributed by atoms with van der Waals surface area (Å²) in [6, 6.07) is 6.22. The van der Waals surface area contributed by atoms with Crippen LogP contribution in [-0.2, 0) is 16.0 Å². The van der Waals surface area contributed by atoms with Gasteiger partial charge in [0.25, 0.3) is 0 Å². The highest BCUT2D eigenvalue weighted by Gasteiger charge is 2.07. The number of hydrogen-bond acceptors (Lipinski definition) is 2. The summed E-state index contributed by atoms with van der Waals surface area (Å²) >= 11 is 0. The first-order valence-corrected chi connectivity index (χ1v) is 5.94. The van der Waals surface area contributed by atoms with E-state index in [0.29, 0.717) is 6.42 Å². The van der Waals surface area contributed by atoms with Crippen LogP contribution in [0.15, 0.2) is 24.3 Å². The highest BCUT2D eigenvalue weighted by Crippen LogP contribution is 2.21. The van der Waals surface area contributed by atoms with Crippen molar-refractivity contribution in [1.29, 1.82) is 0 Å². The topological polar surface area (TPSA) is 26.3 Å². The van der Waals surface area contributed by atoms with E-state index in [1.54, 1.807) is 0 Å². The second kappa shape index (κ2) is 6.24. The number of rotatable bonds is 4. The molecule has 17 heavy (non-hydrogen) atoms. The van der Waals surface area contributed by atoms with Crippen LogP contribution in [0.1, 0.15) is 37.0 Å². The number of aryl methyl sites for hydroxylation is 1. The molecule has 0 radical (unpaired) electrons. The van der Waals surface area contributed by atoms with Crippen LogP contribution >= 0.6 is 0 Å². The Hall–Kier alpha value is -1.57. The summed E-state index contributed by atoms with van der Waals surface area (Å²) in [5.74, 6) is -0.192. The highest BCUT2D eigenvalue weighted by atomic mass is 16.5. The van der Waals surface area contributed by atoms with Crippen molar-refractivity contribution in [3.8, 4) is 0 Å². The number of esters is 1. The first kappa shape index (κ1) is 13.5. The van der Waals surface area contributed by atoms with Gasteiger partial charge in [0.1, 0.15) is 0 Å². The van der Waals surface area contributed by atoms with E-state index < -0.39 is 0 Å². The summed E-state index contributed by atoms with van der Waals surface area (Å²) in [6.07, 6.45) is 3.50. The number of carbonyl (C=O) groups is 1. The van der Waals surface area contributed by atoms with Crippen molar-refractivity contribution < 1.29 is 9.53 Å². The van der Waals surface area contributed by atoms with Gasteiger partial charge in [0.15, 0.2) is 0 Å². The Labute approximate surface area is 103 Å². The lowest BCUT2D eigenvalue weighted by atomic mass is 9.97. The number of ether oxygens (including phenoxy) is 1. The van der Waals surface area contributed by atoms with Gasteiger partial charge in [0.2, 0.25) is 0 Å². The molecule has 2 nitrogen and oxygen atoms in total. The second-order valence-corrected chi connectivity index (χ2v) is 4.06. The third-order valence-corrected chi connectivity index (χ3v) is 3.01. The summed E-state index contributed by atoms with van der Waals surface area (Å²) in [4.78, 5) is 11.2. The van der Waals surface area contributed by atoms with Gasteiger partial charge < -0.3 is 4.74 Å². The van der Waals surface area contributed by atoms with Crippen molar-refractivity contribution >= 4 is 11.5 Å². The molecule has 0 fully saturated rings. The largest absolute Gasteiger partial charge is 0.469 e. The minimum Gasteiger partial charge on any atom is -0.469 e. The maximum atomic E-state index is 11.2. The molecule has 0 aliphatic carbocycles. The van der Waals surface area contributed by atoms with Crippen LogP contribution in [0.25, 0.3) is 5.57 Å². The van der Waals surface area contributed by atoms with E-state index >= 15 is 0 Å². The van der Waals surface area contributed by atoms with Gasteiger partial charge in [-0.1, -0.05) is 31.2 Å². The third kappa shape index (κ3) is 3.45. The molecule has 0 saturated carbocycles. The molecule has 0 N–H and O–H groups in total. The molecule has 1 aromatic rings. The Bertz CT molecular complexity index is 431. The van der Waals surface area contributed by atoms with E-state index in [1.165, 1.54) is 18.2 Å². The van der Waals surface area contributed by atoms with Crippen LogP contribution in [-0.4, -0.2) is 13.1 Å². The first-order chi connectivity index (χ1) is 8.12. The summed E-state index contributed by atoms with van der Waals surface area (Å²) in [7, 11) is 1.42. The molecule has 0 spiro atoms. The van der Waals surface area contributed by atoms with Crippen molar-refractivity contribution in [2.24, 2.45) is 0 Å². The summed E-state index contributed by atoms with van der Waals surface area (Å²) < 4.78 is 4.68. The number of methoxy groups -OCH3 is 1. The summed E-state index contributed by atoms with van der Waals surface area (Å²) in [5, 5.41) is 0. The number of benzene rings is 1. The average molecular weight is 232 g/mol. The van der Waals surface area contributed by atoms with Crippen LogP contribution in [0.2, 0.25) is 0 Å². The zero-order valence-electron chi connectivity index (χ0n) is 11.0. The Morgan fingerprint density at radius 1 is 1.41 bits per heavy atom. The lowest BCUT2D eigenvalue weighted by Gasteiger charge is -2.09. The second-order valence-electron chi connectivity index (χ2n) is 4.06. The van der Waals surface area contributed by atoms with Gasteiger partial charge in [-0.05, 0) is 42.5 Å². The predicted octanol–water partition coefficient (Wildman–Crippen LogP) is 3.52. The number of allylic oxidation sites excluding steroid dienone is 2. The van der Waals surface area contributed by atoms with Gasteiger partial charge >= 0.3 is 5.97 Å². The monoisotopic (exact) mass is 232 g/mol. The van der Waals surface area contributed by atoms with Gasteiger partial charge in [-0.15, -0.1) is 0 Å². The molecule has 2 heteroatoms. The Kier molecular flexibility index (Phi) is 4.95. The fourth-order valence-electron chi connectivity index (χ4n) is 1.90. The zero-order chi connectivity index (χ0) is 12.8. The smallest absolute Gasteiger partial charge is 0.309 e. The molecule has 0 aromatic heterocycles. The first-order valence-electron chi connectivity index (χ1n) is 5.94. The molecule has 0 amide bonds. The summed E-state index contributed by atoms with van der Waals surface area (Å²) in [6.45, 7) is 6.23. The van der Waals surface area contributed by atoms with Gasteiger partial charge in [-0.2, -0.15) is 0 Å². The van der Waals surface area contributed by atoms with E-state index in [0.717, 1.165) is 17.5 Å². The van der Waals surface area contributed by atoms with E-state index in [-0.39, 0.29) is 5.97 Å². The molecule has 1 aromatic carbocycles. The fraction of sp³-hybridized carbons (Fsp3) is 0.400. The molecular weight excluding hydrogens is 212 g/mol. The Morgan fingerprint density at radius 3 is 2.59 bits per heavy atom. The third-order valence-electron chi connectivity index (χ3n) is 3.01. The molecule has 92 valence electrons. The van der Waals surface area contributed by atoms with Crippen LogP contribution in [0.4, 0.5) is 0 Å². The van der Waals surface area contributed by atoms with Crippen molar-refractivity contribution in [2.75, 3.05) is 7.11 Å². The van der Waals surface area contributed by atoms with Gasteiger partial charge in [0.05, 0.1) is 13.5 Å². The lowest BCUT2D eigenvalue weighted by Crippen LogP contribution is -2.06. The van der Waals surface area contributed by atoms with Gasteiger partial charge in [-0.3, -0.25) is 4.79 Å². The standard InChI is InChI=1S/C15H20O2/c1-5-12(6-2)14-8-7-13(11(3)9-14)10-15(16)17-4/h5,7-9H,6,10H2,1-4H3. The number of hydrogen-bond donors (Lipinski definition) is 0. The van der Waals surface area contributed by atoms with Crippen LogP contribution in [0, 0.1) is 6.92 Å². The summed E-state index contributed by atoms with van der Waals surface area (Å²) in [5.41, 5.74) is 4.74. The average Bonchev–Trinajstić information content (AvgIpc) is 2.33. The highest BCUT2D eigenvalue weighted by molar-refractivity contribution is 5.73. The number of carbonyl (C=O) groups excluding carboxylic acids is 1. The molecule has 0 aliphatic heterocycles. The van der Waals surface area contributed by atoms with Crippen LogP contribution in [0.5, 0.6) is 0 Å². The fourth-order valence-corrected chi connectivity index (χ4v) is 1.90. The minimum absolute atomic E-state index is 0.192. The van der Waals surface area contributed by atoms with E-state index in [1.807, 2.05) is 13.0 Å². The maximum absolute atomic E-state index is 11.2. The van der Waals surface area contributed by atoms with Gasteiger partial charge in [-0.25, -0.2) is 0 Å². The molecule has 1 rings (SSSR count). The molecule has 0 bridgehead atoms. The molecule has 0 heterocycles. The van der Waals surface area contributed by atoms with Crippen molar-refractivity contribution in [2.45, 2.75) is 33.6 Å². The quantitative estimate of drug-likeness (QED) is 0.742. The van der Waals surface area contributed by atoms with Crippen LogP contribution in [0.3, 0.4) is 0 Å². The molecular formula is C15H20O2. The molecule has 0 aliphatic rings. The van der Waals surface area contributed by atoms with Crippen molar-refractivity contribution in [3.63, 3.8) is 0 Å². The molecule has 0 unspecified atom stereocenters. The van der Waals surface area contributed by atoms with Crippen LogP contribution < -0.4 is 0 Å². The lowest BCUT2D eigenvalue weighted by molar-refractivity contribution is -0.139. The van der Waals surface area contributed by atoms with Crippen molar-refractivity contribution in [1.82, 2.24) is 0 Å². The van der Waals surface area contributed by atoms with E-state index in [4.69, 9.17) is 0 Å². The molecule has 0 saturated heterocycles.